The van der Waals surface area contributed by atoms with Gasteiger partial charge in [-0.25, -0.2) is 18.7 Å². The molecule has 0 radical (unpaired) electrons. The third kappa shape index (κ3) is 3.09. The summed E-state index contributed by atoms with van der Waals surface area (Å²) >= 11 is 0. The molecule has 0 unspecified atom stereocenters. The number of nitrogen functional groups attached to an aromatic ring is 1. The number of halogens is 2. The maximum absolute atomic E-state index is 13.7. The highest BCUT2D eigenvalue weighted by atomic mass is 19.2. The molecule has 0 bridgehead atoms. The molecule has 0 atom stereocenters. The van der Waals surface area contributed by atoms with Crippen LogP contribution in [0.15, 0.2) is 18.2 Å². The van der Waals surface area contributed by atoms with E-state index in [0.29, 0.717) is 23.0 Å². The molecule has 0 aliphatic heterocycles. The maximum Gasteiger partial charge on any atom is 0.182 e. The van der Waals surface area contributed by atoms with Crippen LogP contribution >= 0.6 is 0 Å². The normalized spacial score (nSPS) is 11.5. The van der Waals surface area contributed by atoms with Crippen LogP contribution < -0.4 is 11.1 Å². The van der Waals surface area contributed by atoms with Crippen LogP contribution in [0.25, 0.3) is 0 Å². The van der Waals surface area contributed by atoms with E-state index in [1.807, 2.05) is 20.8 Å². The second kappa shape index (κ2) is 5.27. The molecular weight excluding hydrogens is 274 g/mol. The van der Waals surface area contributed by atoms with Crippen molar-refractivity contribution in [2.24, 2.45) is 0 Å². The number of hydrogen-bond donors (Lipinski definition) is 2. The smallest absolute Gasteiger partial charge is 0.182 e. The summed E-state index contributed by atoms with van der Waals surface area (Å²) in [5.41, 5.74) is 6.17. The Balaban J connectivity index is 2.49. The van der Waals surface area contributed by atoms with Crippen molar-refractivity contribution in [1.29, 1.82) is 0 Å². The molecule has 21 heavy (non-hydrogen) atoms. The van der Waals surface area contributed by atoms with Crippen molar-refractivity contribution in [2.75, 3.05) is 11.1 Å². The van der Waals surface area contributed by atoms with E-state index in [9.17, 15) is 8.78 Å². The Morgan fingerprint density at radius 2 is 1.81 bits per heavy atom. The zero-order valence-electron chi connectivity index (χ0n) is 12.5. The molecule has 0 aliphatic rings. The number of nitrogens with zero attached hydrogens (tertiary/aromatic N) is 2. The Labute approximate surface area is 122 Å². The van der Waals surface area contributed by atoms with Crippen molar-refractivity contribution in [3.05, 3.63) is 41.2 Å². The summed E-state index contributed by atoms with van der Waals surface area (Å²) in [4.78, 5) is 8.62. The second-order valence-corrected chi connectivity index (χ2v) is 5.88. The molecule has 4 nitrogen and oxygen atoms in total. The number of benzene rings is 1. The van der Waals surface area contributed by atoms with Crippen molar-refractivity contribution in [3.63, 3.8) is 0 Å². The first-order valence-electron chi connectivity index (χ1n) is 6.56. The molecule has 1 aromatic heterocycles. The summed E-state index contributed by atoms with van der Waals surface area (Å²) in [6.07, 6.45) is 0. The van der Waals surface area contributed by atoms with Gasteiger partial charge >= 0.3 is 0 Å². The zero-order chi connectivity index (χ0) is 15.8. The number of aromatic nitrogens is 2. The lowest BCUT2D eigenvalue weighted by atomic mass is 9.95. The predicted octanol–water partition coefficient (Wildman–Crippen LogP) is 3.69. The van der Waals surface area contributed by atoms with Crippen molar-refractivity contribution in [2.45, 2.75) is 33.1 Å². The van der Waals surface area contributed by atoms with Gasteiger partial charge in [0.1, 0.15) is 17.5 Å². The predicted molar refractivity (Wildman–Crippen MR) is 79.5 cm³/mol. The first-order chi connectivity index (χ1) is 9.70. The fourth-order valence-electron chi connectivity index (χ4n) is 1.72. The van der Waals surface area contributed by atoms with E-state index in [1.165, 1.54) is 12.1 Å². The summed E-state index contributed by atoms with van der Waals surface area (Å²) in [6, 6.07) is 3.92. The maximum atomic E-state index is 13.7. The van der Waals surface area contributed by atoms with E-state index in [2.05, 4.69) is 15.3 Å². The highest BCUT2D eigenvalue weighted by molar-refractivity contribution is 5.64. The molecule has 0 saturated heterocycles. The third-order valence-corrected chi connectivity index (χ3v) is 3.06. The number of nitrogens with two attached hydrogens (primary N) is 1. The fourth-order valence-corrected chi connectivity index (χ4v) is 1.72. The number of rotatable bonds is 2. The molecule has 2 rings (SSSR count). The molecule has 0 aliphatic carbocycles. The summed E-state index contributed by atoms with van der Waals surface area (Å²) in [7, 11) is 0. The molecule has 3 N–H and O–H groups in total. The molecular formula is C15H18F2N4. The largest absolute Gasteiger partial charge is 0.383 e. The minimum atomic E-state index is -0.952. The van der Waals surface area contributed by atoms with E-state index < -0.39 is 11.6 Å². The summed E-state index contributed by atoms with van der Waals surface area (Å²) in [5, 5.41) is 2.79. The van der Waals surface area contributed by atoms with Gasteiger partial charge in [0.25, 0.3) is 0 Å². The first-order valence-corrected chi connectivity index (χ1v) is 6.56. The van der Waals surface area contributed by atoms with Crippen molar-refractivity contribution >= 4 is 17.3 Å². The van der Waals surface area contributed by atoms with Crippen molar-refractivity contribution < 1.29 is 8.78 Å². The van der Waals surface area contributed by atoms with Gasteiger partial charge in [0.2, 0.25) is 0 Å². The summed E-state index contributed by atoms with van der Waals surface area (Å²) in [6.45, 7) is 7.57. The van der Waals surface area contributed by atoms with Gasteiger partial charge in [-0.15, -0.1) is 0 Å². The molecule has 112 valence electrons. The van der Waals surface area contributed by atoms with E-state index in [0.717, 1.165) is 6.07 Å². The first kappa shape index (κ1) is 15.2. The Hall–Kier alpha value is -2.24. The lowest BCUT2D eigenvalue weighted by molar-refractivity contribution is 0.511. The number of nitrogens with one attached hydrogen (secondary N) is 1. The van der Waals surface area contributed by atoms with Crippen LogP contribution in [0.3, 0.4) is 0 Å². The van der Waals surface area contributed by atoms with Crippen LogP contribution in [0.4, 0.5) is 26.1 Å². The van der Waals surface area contributed by atoms with Crippen LogP contribution in [-0.4, -0.2) is 9.97 Å². The van der Waals surface area contributed by atoms with Crippen LogP contribution in [-0.2, 0) is 5.41 Å². The molecule has 0 amide bonds. The van der Waals surface area contributed by atoms with Crippen molar-refractivity contribution in [3.8, 4) is 0 Å². The lowest BCUT2D eigenvalue weighted by Crippen LogP contribution is -2.19. The summed E-state index contributed by atoms with van der Waals surface area (Å²) < 4.78 is 27.0. The minimum absolute atomic E-state index is 0.0102. The minimum Gasteiger partial charge on any atom is -0.383 e. The van der Waals surface area contributed by atoms with Crippen LogP contribution in [0.5, 0.6) is 0 Å². The molecule has 0 spiro atoms. The summed E-state index contributed by atoms with van der Waals surface area (Å²) in [5.74, 6) is -0.654. The SMILES string of the molecule is Cc1c(N)nc(C(C)(C)C)nc1Nc1cccc(F)c1F. The fraction of sp³-hybridized carbons (Fsp3) is 0.333. The number of anilines is 3. The lowest BCUT2D eigenvalue weighted by Gasteiger charge is -2.20. The number of hydrogen-bond acceptors (Lipinski definition) is 4. The Bertz CT molecular complexity index is 678. The molecule has 2 aromatic rings. The van der Waals surface area contributed by atoms with Gasteiger partial charge in [0.05, 0.1) is 5.69 Å². The standard InChI is InChI=1S/C15H18F2N4/c1-8-12(18)20-14(15(2,3)4)21-13(8)19-10-7-5-6-9(16)11(10)17/h5-7H,1-4H3,(H3,18,19,20,21). The highest BCUT2D eigenvalue weighted by Gasteiger charge is 2.21. The monoisotopic (exact) mass is 292 g/mol. The third-order valence-electron chi connectivity index (χ3n) is 3.06. The van der Waals surface area contributed by atoms with E-state index in [-0.39, 0.29) is 11.1 Å². The Morgan fingerprint density at radius 1 is 1.14 bits per heavy atom. The van der Waals surface area contributed by atoms with Crippen molar-refractivity contribution in [1.82, 2.24) is 9.97 Å². The average molecular weight is 292 g/mol. The molecule has 0 saturated carbocycles. The van der Waals surface area contributed by atoms with Crippen LogP contribution in [0.1, 0.15) is 32.2 Å². The molecule has 1 aromatic carbocycles. The van der Waals surface area contributed by atoms with Crippen LogP contribution in [0.2, 0.25) is 0 Å². The van der Waals surface area contributed by atoms with Gasteiger partial charge in [0.15, 0.2) is 11.6 Å². The van der Waals surface area contributed by atoms with Gasteiger partial charge in [-0.05, 0) is 19.1 Å². The second-order valence-electron chi connectivity index (χ2n) is 5.88. The van der Waals surface area contributed by atoms with E-state index in [4.69, 9.17) is 5.73 Å². The van der Waals surface area contributed by atoms with Gasteiger partial charge in [-0.3, -0.25) is 0 Å². The zero-order valence-corrected chi connectivity index (χ0v) is 12.5. The topological polar surface area (TPSA) is 63.8 Å². The quantitative estimate of drug-likeness (QED) is 0.886. The van der Waals surface area contributed by atoms with Gasteiger partial charge in [-0.1, -0.05) is 26.8 Å². The molecule has 0 fully saturated rings. The Morgan fingerprint density at radius 3 is 2.43 bits per heavy atom. The Kier molecular flexibility index (Phi) is 3.80. The molecule has 1 heterocycles. The molecule has 6 heteroatoms. The van der Waals surface area contributed by atoms with Crippen LogP contribution in [0, 0.1) is 18.6 Å². The highest BCUT2D eigenvalue weighted by Crippen LogP contribution is 2.28. The van der Waals surface area contributed by atoms with Gasteiger partial charge < -0.3 is 11.1 Å². The van der Waals surface area contributed by atoms with Gasteiger partial charge in [0, 0.05) is 11.0 Å². The van der Waals surface area contributed by atoms with Gasteiger partial charge in [-0.2, -0.15) is 0 Å². The van der Waals surface area contributed by atoms with E-state index >= 15 is 0 Å². The average Bonchev–Trinajstić information content (AvgIpc) is 2.38. The van der Waals surface area contributed by atoms with E-state index in [1.54, 1.807) is 6.92 Å².